The van der Waals surface area contributed by atoms with Crippen LogP contribution in [0.5, 0.6) is 0 Å². The molecule has 0 amide bonds. The number of pyridine rings is 1. The molecule has 0 unspecified atom stereocenters. The van der Waals surface area contributed by atoms with Crippen LogP contribution in [0.4, 0.5) is 0 Å². The van der Waals surface area contributed by atoms with Crippen LogP contribution in [-0.4, -0.2) is 104 Å². The molecule has 0 bridgehead atoms. The lowest BCUT2D eigenvalue weighted by Crippen LogP contribution is -2.22. The molecule has 2 N–H and O–H groups in total. The molecule has 1 fully saturated rings. The molecule has 42 heavy (non-hydrogen) atoms. The first-order valence-corrected chi connectivity index (χ1v) is 15.7. The Morgan fingerprint density at radius 2 is 1.45 bits per heavy atom. The number of aliphatic imine (C=N–C) groups is 1. The topological polar surface area (TPSA) is 81.4 Å². The first-order chi connectivity index (χ1) is 20.2. The van der Waals surface area contributed by atoms with Crippen LogP contribution < -0.4 is 0 Å². The standard InChI is InChI=1S/2C6H15NO.C6H7N.C6H12O.C6H8.C5H7N/c2*1-3-4-7(2)5-6-8;1-6-4-2-3-5-7-6;1-6-2-4-7-5-3-6;1-6-4-2-3-5-6;1-5-3-2-4-6-5/h2*8H,3-6H2,1-2H3;2-5H,1H3;6H,2-5H2,1H3;2,4-5H,3H2,1H3;2-3H,4H2,1H3. The van der Waals surface area contributed by atoms with E-state index in [4.69, 9.17) is 14.9 Å². The molecule has 1 aromatic heterocycles. The van der Waals surface area contributed by atoms with Gasteiger partial charge in [-0.3, -0.25) is 9.98 Å². The van der Waals surface area contributed by atoms with Gasteiger partial charge in [0, 0.05) is 43.9 Å². The van der Waals surface area contributed by atoms with Gasteiger partial charge in [-0.2, -0.15) is 0 Å². The second-order valence-electron chi connectivity index (χ2n) is 10.8. The lowest BCUT2D eigenvalue weighted by molar-refractivity contribution is 0.0716. The first kappa shape index (κ1) is 42.0. The van der Waals surface area contributed by atoms with E-state index >= 15 is 0 Å². The molecule has 3 heterocycles. The Labute approximate surface area is 259 Å². The van der Waals surface area contributed by atoms with E-state index < -0.39 is 0 Å². The van der Waals surface area contributed by atoms with Crippen molar-refractivity contribution in [3.8, 4) is 0 Å². The monoisotopic (exact) mass is 588 g/mol. The van der Waals surface area contributed by atoms with Crippen molar-refractivity contribution in [2.75, 3.05) is 73.2 Å². The van der Waals surface area contributed by atoms with Gasteiger partial charge in [0.1, 0.15) is 0 Å². The van der Waals surface area contributed by atoms with Gasteiger partial charge in [0.2, 0.25) is 0 Å². The largest absolute Gasteiger partial charge is 0.395 e. The van der Waals surface area contributed by atoms with Crippen molar-refractivity contribution in [3.63, 3.8) is 0 Å². The SMILES string of the molecule is CC1=CCC=C1.CC1=NCC=C1.CC1CCOCC1.CCCN(C)CCO.CCCN(C)CCO.Cc1ccccn1. The molecular formula is C35H64N4O3. The number of allylic oxidation sites excluding steroid dienone is 5. The summed E-state index contributed by atoms with van der Waals surface area (Å²) in [5, 5.41) is 16.8. The van der Waals surface area contributed by atoms with Crippen LogP contribution in [0.15, 0.2) is 65.3 Å². The van der Waals surface area contributed by atoms with Crippen molar-refractivity contribution >= 4 is 5.71 Å². The minimum Gasteiger partial charge on any atom is -0.395 e. The molecule has 0 saturated carbocycles. The number of aryl methyl sites for hydroxylation is 1. The fourth-order valence-electron chi connectivity index (χ4n) is 3.64. The van der Waals surface area contributed by atoms with Crippen LogP contribution in [0, 0.1) is 12.8 Å². The number of aromatic nitrogens is 1. The molecule has 0 atom stereocenters. The fourth-order valence-corrected chi connectivity index (χ4v) is 3.64. The molecule has 3 aliphatic rings. The minimum atomic E-state index is 0.274. The Balaban J connectivity index is 0. The number of ether oxygens (including phenoxy) is 1. The second-order valence-corrected chi connectivity index (χ2v) is 10.8. The summed E-state index contributed by atoms with van der Waals surface area (Å²) in [4.78, 5) is 12.2. The first-order valence-electron chi connectivity index (χ1n) is 15.7. The van der Waals surface area contributed by atoms with Crippen LogP contribution >= 0.6 is 0 Å². The van der Waals surface area contributed by atoms with Crippen molar-refractivity contribution < 1.29 is 14.9 Å². The van der Waals surface area contributed by atoms with E-state index in [1.165, 1.54) is 18.4 Å². The maximum absolute atomic E-state index is 8.42. The summed E-state index contributed by atoms with van der Waals surface area (Å²) in [7, 11) is 4.03. The zero-order valence-corrected chi connectivity index (χ0v) is 28.3. The number of likely N-dealkylation sites (N-methyl/N-ethyl adjacent to an activating group) is 2. The van der Waals surface area contributed by atoms with Gasteiger partial charge in [0.05, 0.1) is 19.8 Å². The fraction of sp³-hybridized carbons (Fsp3) is 0.657. The highest BCUT2D eigenvalue weighted by Gasteiger charge is 2.06. The third kappa shape index (κ3) is 32.4. The van der Waals surface area contributed by atoms with Crippen LogP contribution in [0.1, 0.15) is 72.4 Å². The molecule has 2 aliphatic heterocycles. The molecule has 1 aliphatic carbocycles. The van der Waals surface area contributed by atoms with Gasteiger partial charge in [-0.1, -0.05) is 56.7 Å². The molecule has 4 rings (SSSR count). The second kappa shape index (κ2) is 31.8. The predicted octanol–water partition coefficient (Wildman–Crippen LogP) is 6.37. The number of nitrogens with zero attached hydrogens (tertiary/aromatic N) is 4. The zero-order valence-electron chi connectivity index (χ0n) is 28.3. The smallest absolute Gasteiger partial charge is 0.0577 e. The van der Waals surface area contributed by atoms with Crippen LogP contribution in [0.2, 0.25) is 0 Å². The number of rotatable bonds is 8. The highest BCUT2D eigenvalue weighted by Crippen LogP contribution is 2.11. The van der Waals surface area contributed by atoms with Crippen molar-refractivity contribution in [1.82, 2.24) is 14.8 Å². The van der Waals surface area contributed by atoms with Crippen LogP contribution in [0.3, 0.4) is 0 Å². The maximum atomic E-state index is 8.42. The van der Waals surface area contributed by atoms with E-state index in [1.54, 1.807) is 6.20 Å². The zero-order chi connectivity index (χ0) is 31.8. The number of aliphatic hydroxyl groups excluding tert-OH is 2. The summed E-state index contributed by atoms with van der Waals surface area (Å²) < 4.78 is 5.14. The Morgan fingerprint density at radius 3 is 1.67 bits per heavy atom. The lowest BCUT2D eigenvalue weighted by atomic mass is 10.0. The average Bonchev–Trinajstić information content (AvgIpc) is 3.65. The van der Waals surface area contributed by atoms with Crippen LogP contribution in [-0.2, 0) is 4.74 Å². The third-order valence-corrected chi connectivity index (χ3v) is 6.26. The predicted molar refractivity (Wildman–Crippen MR) is 183 cm³/mol. The molecule has 0 aromatic carbocycles. The van der Waals surface area contributed by atoms with Gasteiger partial charge in [0.15, 0.2) is 0 Å². The highest BCUT2D eigenvalue weighted by molar-refractivity contribution is 5.94. The van der Waals surface area contributed by atoms with Crippen molar-refractivity contribution in [1.29, 1.82) is 0 Å². The summed E-state index contributed by atoms with van der Waals surface area (Å²) in [6.07, 6.45) is 18.4. The summed E-state index contributed by atoms with van der Waals surface area (Å²) in [5.41, 5.74) is 3.62. The number of hydrogen-bond acceptors (Lipinski definition) is 7. The van der Waals surface area contributed by atoms with E-state index in [2.05, 4.69) is 71.8 Å². The van der Waals surface area contributed by atoms with E-state index in [9.17, 15) is 0 Å². The minimum absolute atomic E-state index is 0.274. The lowest BCUT2D eigenvalue weighted by Gasteiger charge is -2.16. The summed E-state index contributed by atoms with van der Waals surface area (Å²) >= 11 is 0. The Bertz CT molecular complexity index is 759. The van der Waals surface area contributed by atoms with E-state index in [1.807, 2.05) is 52.2 Å². The van der Waals surface area contributed by atoms with Gasteiger partial charge in [-0.15, -0.1) is 0 Å². The number of hydrogen-bond donors (Lipinski definition) is 2. The average molecular weight is 589 g/mol. The van der Waals surface area contributed by atoms with Crippen molar-refractivity contribution in [2.45, 2.75) is 73.6 Å². The van der Waals surface area contributed by atoms with Gasteiger partial charge in [-0.25, -0.2) is 0 Å². The molecule has 1 saturated heterocycles. The molecular weight excluding hydrogens is 524 g/mol. The Kier molecular flexibility index (Phi) is 31.7. The van der Waals surface area contributed by atoms with Crippen LogP contribution in [0.25, 0.3) is 0 Å². The molecule has 1 aromatic rings. The maximum Gasteiger partial charge on any atom is 0.0577 e. The molecule has 0 spiro atoms. The van der Waals surface area contributed by atoms with Gasteiger partial charge in [0.25, 0.3) is 0 Å². The van der Waals surface area contributed by atoms with Crippen molar-refractivity contribution in [3.05, 3.63) is 66.0 Å². The molecule has 7 heteroatoms. The number of aliphatic hydroxyl groups is 2. The van der Waals surface area contributed by atoms with E-state index in [0.717, 1.165) is 82.5 Å². The third-order valence-electron chi connectivity index (χ3n) is 6.26. The molecule has 242 valence electrons. The highest BCUT2D eigenvalue weighted by atomic mass is 16.5. The Hall–Kier alpha value is -2.16. The van der Waals surface area contributed by atoms with Gasteiger partial charge >= 0.3 is 0 Å². The quantitative estimate of drug-likeness (QED) is 0.367. The summed E-state index contributed by atoms with van der Waals surface area (Å²) in [6.45, 7) is 19.8. The summed E-state index contributed by atoms with van der Waals surface area (Å²) in [6, 6.07) is 5.86. The molecule has 7 nitrogen and oxygen atoms in total. The van der Waals surface area contributed by atoms with Gasteiger partial charge < -0.3 is 24.7 Å². The Morgan fingerprint density at radius 1 is 0.857 bits per heavy atom. The normalized spacial score (nSPS) is 15.0. The van der Waals surface area contributed by atoms with E-state index in [0.29, 0.717) is 0 Å². The van der Waals surface area contributed by atoms with Gasteiger partial charge in [-0.05, 0) is 104 Å². The molecule has 0 radical (unpaired) electrons. The van der Waals surface area contributed by atoms with E-state index in [-0.39, 0.29) is 13.2 Å². The summed E-state index contributed by atoms with van der Waals surface area (Å²) in [5.74, 6) is 0.911. The van der Waals surface area contributed by atoms with Crippen molar-refractivity contribution in [2.24, 2.45) is 10.9 Å².